The van der Waals surface area contributed by atoms with Gasteiger partial charge in [0.05, 0.1) is 12.8 Å². The van der Waals surface area contributed by atoms with Crippen LogP contribution >= 0.6 is 23.2 Å². The minimum absolute atomic E-state index is 0.0328. The van der Waals surface area contributed by atoms with Gasteiger partial charge in [0.2, 0.25) is 0 Å². The maximum atomic E-state index is 11.6. The van der Waals surface area contributed by atoms with Crippen molar-refractivity contribution in [2.24, 2.45) is 0 Å². The van der Waals surface area contributed by atoms with Crippen molar-refractivity contribution < 1.29 is 19.1 Å². The molecule has 0 aromatic heterocycles. The van der Waals surface area contributed by atoms with Crippen LogP contribution in [0.1, 0.15) is 24.0 Å². The molecule has 0 bridgehead atoms. The molecule has 0 N–H and O–H groups in total. The summed E-state index contributed by atoms with van der Waals surface area (Å²) in [7, 11) is 0. The van der Waals surface area contributed by atoms with Gasteiger partial charge in [0, 0.05) is 10.0 Å². The lowest BCUT2D eigenvalue weighted by Crippen LogP contribution is -2.10. The van der Waals surface area contributed by atoms with Gasteiger partial charge in [-0.15, -0.1) is 0 Å². The van der Waals surface area contributed by atoms with E-state index >= 15 is 0 Å². The summed E-state index contributed by atoms with van der Waals surface area (Å²) in [5.41, 5.74) is 1.58. The third-order valence-corrected chi connectivity index (χ3v) is 3.58. The number of carbonyl (C=O) groups is 2. The van der Waals surface area contributed by atoms with Crippen LogP contribution in [0, 0.1) is 0 Å². The fourth-order valence-electron chi connectivity index (χ4n) is 1.93. The van der Waals surface area contributed by atoms with Crippen LogP contribution < -0.4 is 0 Å². The molecular formula is C18H16Cl2O4. The highest BCUT2D eigenvalue weighted by atomic mass is 35.5. The molecule has 0 aliphatic rings. The Morgan fingerprint density at radius 1 is 0.750 bits per heavy atom. The summed E-state index contributed by atoms with van der Waals surface area (Å²) in [4.78, 5) is 23.3. The van der Waals surface area contributed by atoms with E-state index in [0.717, 1.165) is 11.1 Å². The lowest BCUT2D eigenvalue weighted by atomic mass is 10.2. The SMILES string of the molecule is O=C(CCC(=O)OCc1cccc(Cl)c1)OCc1cccc(Cl)c1. The molecular weight excluding hydrogens is 351 g/mol. The highest BCUT2D eigenvalue weighted by molar-refractivity contribution is 6.30. The second-order valence-electron chi connectivity index (χ2n) is 5.08. The number of rotatable bonds is 7. The van der Waals surface area contributed by atoms with Crippen molar-refractivity contribution >= 4 is 35.1 Å². The molecule has 0 saturated carbocycles. The first-order valence-corrected chi connectivity index (χ1v) is 8.08. The van der Waals surface area contributed by atoms with Gasteiger partial charge in [-0.05, 0) is 35.4 Å². The summed E-state index contributed by atoms with van der Waals surface area (Å²) in [6.45, 7) is 0.244. The first-order valence-electron chi connectivity index (χ1n) is 7.33. The van der Waals surface area contributed by atoms with Crippen LogP contribution in [0.25, 0.3) is 0 Å². The lowest BCUT2D eigenvalue weighted by molar-refractivity contribution is -0.151. The number of benzene rings is 2. The van der Waals surface area contributed by atoms with E-state index in [0.29, 0.717) is 10.0 Å². The van der Waals surface area contributed by atoms with Gasteiger partial charge >= 0.3 is 11.9 Å². The number of halogens is 2. The molecule has 0 amide bonds. The van der Waals surface area contributed by atoms with E-state index in [9.17, 15) is 9.59 Å². The summed E-state index contributed by atoms with van der Waals surface area (Å²) >= 11 is 11.7. The molecule has 0 radical (unpaired) electrons. The zero-order chi connectivity index (χ0) is 17.4. The molecule has 2 aromatic rings. The quantitative estimate of drug-likeness (QED) is 0.674. The van der Waals surface area contributed by atoms with Crippen LogP contribution in [0.5, 0.6) is 0 Å². The molecule has 126 valence electrons. The van der Waals surface area contributed by atoms with Crippen LogP contribution in [0.15, 0.2) is 48.5 Å². The molecule has 0 aliphatic heterocycles. The third kappa shape index (κ3) is 6.60. The molecule has 0 saturated heterocycles. The van der Waals surface area contributed by atoms with Gasteiger partial charge in [0.1, 0.15) is 13.2 Å². The minimum Gasteiger partial charge on any atom is -0.461 e. The van der Waals surface area contributed by atoms with Gasteiger partial charge in [-0.3, -0.25) is 9.59 Å². The molecule has 0 unspecified atom stereocenters. The van der Waals surface area contributed by atoms with Gasteiger partial charge in [-0.25, -0.2) is 0 Å². The smallest absolute Gasteiger partial charge is 0.306 e. The predicted molar refractivity (Wildman–Crippen MR) is 91.7 cm³/mol. The van der Waals surface area contributed by atoms with Gasteiger partial charge < -0.3 is 9.47 Å². The van der Waals surface area contributed by atoms with Crippen molar-refractivity contribution in [3.8, 4) is 0 Å². The summed E-state index contributed by atoms with van der Waals surface area (Å²) in [6, 6.07) is 14.1. The average molecular weight is 367 g/mol. The van der Waals surface area contributed by atoms with Gasteiger partial charge in [-0.2, -0.15) is 0 Å². The van der Waals surface area contributed by atoms with E-state index in [2.05, 4.69) is 0 Å². The molecule has 2 rings (SSSR count). The van der Waals surface area contributed by atoms with E-state index in [1.54, 1.807) is 48.5 Å². The summed E-state index contributed by atoms with van der Waals surface area (Å²) in [5, 5.41) is 1.15. The van der Waals surface area contributed by atoms with Gasteiger partial charge in [0.15, 0.2) is 0 Å². The highest BCUT2D eigenvalue weighted by Gasteiger charge is 2.10. The lowest BCUT2D eigenvalue weighted by Gasteiger charge is -2.06. The maximum Gasteiger partial charge on any atom is 0.306 e. The van der Waals surface area contributed by atoms with Crippen molar-refractivity contribution in [1.82, 2.24) is 0 Å². The summed E-state index contributed by atoms with van der Waals surface area (Å²) < 4.78 is 10.2. The second kappa shape index (κ2) is 9.30. The Morgan fingerprint density at radius 2 is 1.17 bits per heavy atom. The third-order valence-electron chi connectivity index (χ3n) is 3.11. The van der Waals surface area contributed by atoms with Gasteiger partial charge in [-0.1, -0.05) is 47.5 Å². The molecule has 0 spiro atoms. The molecule has 4 nitrogen and oxygen atoms in total. The van der Waals surface area contributed by atoms with Gasteiger partial charge in [0.25, 0.3) is 0 Å². The Bertz CT molecular complexity index is 654. The number of hydrogen-bond acceptors (Lipinski definition) is 4. The van der Waals surface area contributed by atoms with Crippen molar-refractivity contribution in [3.63, 3.8) is 0 Å². The van der Waals surface area contributed by atoms with Crippen LogP contribution in [0.3, 0.4) is 0 Å². The van der Waals surface area contributed by atoms with E-state index in [1.807, 2.05) is 0 Å². The first-order chi connectivity index (χ1) is 11.5. The average Bonchev–Trinajstić information content (AvgIpc) is 2.56. The van der Waals surface area contributed by atoms with Crippen molar-refractivity contribution in [2.45, 2.75) is 26.1 Å². The Balaban J connectivity index is 1.66. The number of ether oxygens (including phenoxy) is 2. The second-order valence-corrected chi connectivity index (χ2v) is 5.95. The Kier molecular flexibility index (Phi) is 7.09. The fourth-order valence-corrected chi connectivity index (χ4v) is 2.36. The van der Waals surface area contributed by atoms with Crippen molar-refractivity contribution in [1.29, 1.82) is 0 Å². The van der Waals surface area contributed by atoms with E-state index in [1.165, 1.54) is 0 Å². The molecule has 0 aliphatic carbocycles. The normalized spacial score (nSPS) is 10.2. The van der Waals surface area contributed by atoms with E-state index in [-0.39, 0.29) is 26.1 Å². The van der Waals surface area contributed by atoms with E-state index < -0.39 is 11.9 Å². The standard InChI is InChI=1S/C18H16Cl2O4/c19-15-5-1-3-13(9-15)11-23-17(21)7-8-18(22)24-12-14-4-2-6-16(20)10-14/h1-6,9-10H,7-8,11-12H2. The first kappa shape index (κ1) is 18.3. The number of esters is 2. The molecule has 24 heavy (non-hydrogen) atoms. The number of carbonyl (C=O) groups excluding carboxylic acids is 2. The number of hydrogen-bond donors (Lipinski definition) is 0. The highest BCUT2D eigenvalue weighted by Crippen LogP contribution is 2.13. The summed E-state index contributed by atoms with van der Waals surface area (Å²) in [6.07, 6.45) is -0.0656. The van der Waals surface area contributed by atoms with Crippen molar-refractivity contribution in [3.05, 3.63) is 69.7 Å². The minimum atomic E-state index is -0.463. The fraction of sp³-hybridized carbons (Fsp3) is 0.222. The predicted octanol–water partition coefficient (Wildman–Crippen LogP) is 4.56. The van der Waals surface area contributed by atoms with Crippen LogP contribution in [-0.2, 0) is 32.3 Å². The zero-order valence-corrected chi connectivity index (χ0v) is 14.3. The molecule has 6 heteroatoms. The monoisotopic (exact) mass is 366 g/mol. The zero-order valence-electron chi connectivity index (χ0n) is 12.8. The topological polar surface area (TPSA) is 52.6 Å². The Labute approximate surface area is 150 Å². The van der Waals surface area contributed by atoms with Crippen molar-refractivity contribution in [2.75, 3.05) is 0 Å². The Hall–Kier alpha value is -2.04. The molecule has 0 fully saturated rings. The van der Waals surface area contributed by atoms with Crippen LogP contribution in [-0.4, -0.2) is 11.9 Å². The Morgan fingerprint density at radius 3 is 1.54 bits per heavy atom. The van der Waals surface area contributed by atoms with Crippen LogP contribution in [0.2, 0.25) is 10.0 Å². The largest absolute Gasteiger partial charge is 0.461 e. The maximum absolute atomic E-state index is 11.6. The summed E-state index contributed by atoms with van der Waals surface area (Å²) in [5.74, 6) is -0.927. The molecule has 2 aromatic carbocycles. The van der Waals surface area contributed by atoms with Crippen LogP contribution in [0.4, 0.5) is 0 Å². The molecule has 0 atom stereocenters. The van der Waals surface area contributed by atoms with E-state index in [4.69, 9.17) is 32.7 Å². The molecule has 0 heterocycles.